The van der Waals surface area contributed by atoms with Crippen LogP contribution in [0.2, 0.25) is 0 Å². The molecular weight excluding hydrogens is 300 g/mol. The number of anilines is 1. The molecule has 1 aliphatic carbocycles. The summed E-state index contributed by atoms with van der Waals surface area (Å²) in [4.78, 5) is 12.2. The van der Waals surface area contributed by atoms with E-state index in [1.54, 1.807) is 0 Å². The Bertz CT molecular complexity index is 672. The summed E-state index contributed by atoms with van der Waals surface area (Å²) in [6.45, 7) is 1.92. The van der Waals surface area contributed by atoms with Gasteiger partial charge in [0.25, 0.3) is 0 Å². The van der Waals surface area contributed by atoms with E-state index in [1.807, 2.05) is 48.0 Å². The zero-order valence-corrected chi connectivity index (χ0v) is 14.2. The third-order valence-electron chi connectivity index (χ3n) is 4.60. The van der Waals surface area contributed by atoms with Gasteiger partial charge in [-0.1, -0.05) is 31.0 Å². The molecule has 0 spiro atoms. The predicted octanol–water partition coefficient (Wildman–Crippen LogP) is 3.60. The van der Waals surface area contributed by atoms with Gasteiger partial charge in [0.1, 0.15) is 5.82 Å². The van der Waals surface area contributed by atoms with Crippen molar-refractivity contribution in [1.29, 1.82) is 0 Å². The molecule has 3 rings (SSSR count). The first kappa shape index (κ1) is 16.7. The molecule has 1 atom stereocenters. The van der Waals surface area contributed by atoms with Crippen LogP contribution in [0, 0.1) is 0 Å². The number of nitrogens with zero attached hydrogens (tertiary/aromatic N) is 2. The smallest absolute Gasteiger partial charge is 0.225 e. The van der Waals surface area contributed by atoms with Crippen LogP contribution in [0.4, 0.5) is 5.82 Å². The summed E-state index contributed by atoms with van der Waals surface area (Å²) in [7, 11) is 0. The van der Waals surface area contributed by atoms with Gasteiger partial charge in [0, 0.05) is 24.4 Å². The molecule has 1 aromatic heterocycles. The number of hydrogen-bond donors (Lipinski definition) is 2. The molecule has 1 unspecified atom stereocenters. The van der Waals surface area contributed by atoms with E-state index < -0.39 is 0 Å². The maximum atomic E-state index is 12.2. The third-order valence-corrected chi connectivity index (χ3v) is 4.60. The molecule has 1 saturated carbocycles. The average Bonchev–Trinajstić information content (AvgIpc) is 3.23. The Kier molecular flexibility index (Phi) is 5.30. The number of benzene rings is 1. The number of carbonyl (C=O) groups excluding carboxylic acids is 1. The number of carbonyl (C=O) groups is 1. The highest BCUT2D eigenvalue weighted by Gasteiger charge is 2.22. The van der Waals surface area contributed by atoms with Gasteiger partial charge in [0.15, 0.2) is 0 Å². The standard InChI is InChI=1S/C19H26N4O/c1-14(20)11-12-19(24)21-18-13-17(15-7-5-6-8-15)22-23(18)16-9-3-2-4-10-16/h2-4,9-10,13-15H,5-8,11-12,20H2,1H3,(H,21,24). The summed E-state index contributed by atoms with van der Waals surface area (Å²) in [6.07, 6.45) is 6.00. The van der Waals surface area contributed by atoms with Crippen molar-refractivity contribution in [2.75, 3.05) is 5.32 Å². The summed E-state index contributed by atoms with van der Waals surface area (Å²) in [5, 5.41) is 7.80. The first-order valence-electron chi connectivity index (χ1n) is 8.84. The minimum atomic E-state index is -0.0117. The van der Waals surface area contributed by atoms with Crippen LogP contribution in [-0.4, -0.2) is 21.7 Å². The van der Waals surface area contributed by atoms with Crippen LogP contribution in [0.3, 0.4) is 0 Å². The summed E-state index contributed by atoms with van der Waals surface area (Å²) in [6, 6.07) is 12.0. The van der Waals surface area contributed by atoms with Crippen LogP contribution < -0.4 is 11.1 Å². The van der Waals surface area contributed by atoms with E-state index in [2.05, 4.69) is 5.32 Å². The van der Waals surface area contributed by atoms with Gasteiger partial charge in [-0.15, -0.1) is 0 Å². The second-order valence-corrected chi connectivity index (χ2v) is 6.75. The van der Waals surface area contributed by atoms with E-state index >= 15 is 0 Å². The van der Waals surface area contributed by atoms with E-state index in [-0.39, 0.29) is 11.9 Å². The van der Waals surface area contributed by atoms with E-state index in [0.29, 0.717) is 18.8 Å². The fourth-order valence-electron chi connectivity index (χ4n) is 3.24. The number of hydrogen-bond acceptors (Lipinski definition) is 3. The number of nitrogens with two attached hydrogens (primary N) is 1. The van der Waals surface area contributed by atoms with E-state index in [9.17, 15) is 4.79 Å². The maximum Gasteiger partial charge on any atom is 0.225 e. The van der Waals surface area contributed by atoms with Crippen molar-refractivity contribution >= 4 is 11.7 Å². The molecule has 1 amide bonds. The molecule has 0 saturated heterocycles. The average molecular weight is 326 g/mol. The van der Waals surface area contributed by atoms with Crippen molar-refractivity contribution in [2.45, 2.75) is 57.4 Å². The summed E-state index contributed by atoms with van der Waals surface area (Å²) in [5.41, 5.74) is 7.79. The minimum absolute atomic E-state index is 0.0117. The molecule has 3 N–H and O–H groups in total. The summed E-state index contributed by atoms with van der Waals surface area (Å²) >= 11 is 0. The van der Waals surface area contributed by atoms with Gasteiger partial charge < -0.3 is 11.1 Å². The Hall–Kier alpha value is -2.14. The van der Waals surface area contributed by atoms with Crippen molar-refractivity contribution in [3.8, 4) is 5.69 Å². The molecule has 2 aromatic rings. The lowest BCUT2D eigenvalue weighted by atomic mass is 10.0. The van der Waals surface area contributed by atoms with Crippen molar-refractivity contribution in [3.05, 3.63) is 42.1 Å². The van der Waals surface area contributed by atoms with Crippen LogP contribution in [0.5, 0.6) is 0 Å². The fourth-order valence-corrected chi connectivity index (χ4v) is 3.24. The summed E-state index contributed by atoms with van der Waals surface area (Å²) in [5.74, 6) is 1.25. The molecule has 0 aliphatic heterocycles. The van der Waals surface area contributed by atoms with Crippen LogP contribution in [0.15, 0.2) is 36.4 Å². The Morgan fingerprint density at radius 1 is 1.33 bits per heavy atom. The highest BCUT2D eigenvalue weighted by Crippen LogP contribution is 2.35. The second kappa shape index (κ2) is 7.62. The summed E-state index contributed by atoms with van der Waals surface area (Å²) < 4.78 is 1.84. The lowest BCUT2D eigenvalue weighted by Crippen LogP contribution is -2.20. The Labute approximate surface area is 143 Å². The third kappa shape index (κ3) is 4.03. The lowest BCUT2D eigenvalue weighted by Gasteiger charge is -2.09. The number of amides is 1. The zero-order chi connectivity index (χ0) is 16.9. The molecule has 5 heteroatoms. The molecule has 128 valence electrons. The molecular formula is C19H26N4O. The van der Waals surface area contributed by atoms with Gasteiger partial charge >= 0.3 is 0 Å². The van der Waals surface area contributed by atoms with Crippen LogP contribution in [0.1, 0.15) is 57.1 Å². The van der Waals surface area contributed by atoms with Crippen molar-refractivity contribution < 1.29 is 4.79 Å². The molecule has 5 nitrogen and oxygen atoms in total. The van der Waals surface area contributed by atoms with E-state index in [0.717, 1.165) is 17.2 Å². The second-order valence-electron chi connectivity index (χ2n) is 6.75. The Balaban J connectivity index is 1.84. The first-order valence-corrected chi connectivity index (χ1v) is 8.84. The van der Waals surface area contributed by atoms with Gasteiger partial charge in [-0.25, -0.2) is 4.68 Å². The lowest BCUT2D eigenvalue weighted by molar-refractivity contribution is -0.116. The van der Waals surface area contributed by atoms with Gasteiger partial charge in [0.05, 0.1) is 11.4 Å². The fraction of sp³-hybridized carbons (Fsp3) is 0.474. The topological polar surface area (TPSA) is 72.9 Å². The number of aromatic nitrogens is 2. The van der Waals surface area contributed by atoms with Gasteiger partial charge in [-0.3, -0.25) is 4.79 Å². The molecule has 1 aromatic carbocycles. The van der Waals surface area contributed by atoms with Gasteiger partial charge in [-0.2, -0.15) is 5.10 Å². The van der Waals surface area contributed by atoms with Crippen LogP contribution >= 0.6 is 0 Å². The number of rotatable bonds is 6. The van der Waals surface area contributed by atoms with E-state index in [4.69, 9.17) is 10.8 Å². The monoisotopic (exact) mass is 326 g/mol. The molecule has 0 radical (unpaired) electrons. The molecule has 1 fully saturated rings. The molecule has 0 bridgehead atoms. The van der Waals surface area contributed by atoms with E-state index in [1.165, 1.54) is 25.7 Å². The number of para-hydroxylation sites is 1. The number of nitrogens with one attached hydrogen (secondary N) is 1. The van der Waals surface area contributed by atoms with Crippen molar-refractivity contribution in [1.82, 2.24) is 9.78 Å². The molecule has 24 heavy (non-hydrogen) atoms. The quantitative estimate of drug-likeness (QED) is 0.852. The van der Waals surface area contributed by atoms with Gasteiger partial charge in [0.2, 0.25) is 5.91 Å². The molecule has 1 heterocycles. The zero-order valence-electron chi connectivity index (χ0n) is 14.2. The Morgan fingerprint density at radius 3 is 2.71 bits per heavy atom. The van der Waals surface area contributed by atoms with Crippen LogP contribution in [0.25, 0.3) is 5.69 Å². The predicted molar refractivity (Wildman–Crippen MR) is 96.3 cm³/mol. The minimum Gasteiger partial charge on any atom is -0.328 e. The maximum absolute atomic E-state index is 12.2. The highest BCUT2D eigenvalue weighted by atomic mass is 16.1. The first-order chi connectivity index (χ1) is 11.6. The normalized spacial score (nSPS) is 16.2. The SMILES string of the molecule is CC(N)CCC(=O)Nc1cc(C2CCCC2)nn1-c1ccccc1. The Morgan fingerprint density at radius 2 is 2.04 bits per heavy atom. The van der Waals surface area contributed by atoms with Crippen LogP contribution in [-0.2, 0) is 4.79 Å². The van der Waals surface area contributed by atoms with Crippen molar-refractivity contribution in [2.24, 2.45) is 5.73 Å². The largest absolute Gasteiger partial charge is 0.328 e. The van der Waals surface area contributed by atoms with Gasteiger partial charge in [-0.05, 0) is 38.3 Å². The highest BCUT2D eigenvalue weighted by molar-refractivity contribution is 5.90. The van der Waals surface area contributed by atoms with Crippen molar-refractivity contribution in [3.63, 3.8) is 0 Å². The molecule has 1 aliphatic rings.